The van der Waals surface area contributed by atoms with E-state index < -0.39 is 22.4 Å². The van der Waals surface area contributed by atoms with Crippen molar-refractivity contribution in [1.29, 1.82) is 0 Å². The fourth-order valence-corrected chi connectivity index (χ4v) is 3.64. The maximum absolute atomic E-state index is 13.1. The van der Waals surface area contributed by atoms with Crippen molar-refractivity contribution in [2.24, 2.45) is 0 Å². The average Bonchev–Trinajstić information content (AvgIpc) is 3.26. The molecule has 1 saturated heterocycles. The number of H-pyrrole nitrogens is 1. The first-order chi connectivity index (χ1) is 15.8. The Morgan fingerprint density at radius 2 is 1.76 bits per heavy atom. The Hall–Kier alpha value is -4.47. The molecule has 4 rings (SSSR count). The van der Waals surface area contributed by atoms with Gasteiger partial charge in [0.2, 0.25) is 0 Å². The predicted molar refractivity (Wildman–Crippen MR) is 121 cm³/mol. The van der Waals surface area contributed by atoms with Gasteiger partial charge in [0, 0.05) is 17.8 Å². The number of aromatic nitrogens is 2. The normalized spacial score (nSPS) is 14.7. The Kier molecular flexibility index (Phi) is 5.65. The summed E-state index contributed by atoms with van der Waals surface area (Å²) in [6, 6.07) is 12.4. The van der Waals surface area contributed by atoms with Crippen LogP contribution >= 0.6 is 0 Å². The molecule has 3 aromatic rings. The topological polar surface area (TPSA) is 130 Å². The first kappa shape index (κ1) is 21.8. The van der Waals surface area contributed by atoms with Crippen LogP contribution < -0.4 is 10.9 Å². The largest absolute Gasteiger partial charge is 0.329 e. The Bertz CT molecular complexity index is 1350. The van der Waals surface area contributed by atoms with Crippen molar-refractivity contribution in [3.63, 3.8) is 0 Å². The first-order valence-corrected chi connectivity index (χ1v) is 10.3. The van der Waals surface area contributed by atoms with Crippen LogP contribution in [0.2, 0.25) is 0 Å². The quantitative estimate of drug-likeness (QED) is 0.260. The second-order valence-electron chi connectivity index (χ2n) is 7.58. The van der Waals surface area contributed by atoms with Crippen LogP contribution in [-0.2, 0) is 17.8 Å². The van der Waals surface area contributed by atoms with Crippen LogP contribution in [0.25, 0.3) is 11.8 Å². The number of nitro benzene ring substituents is 1. The van der Waals surface area contributed by atoms with E-state index in [1.807, 2.05) is 38.1 Å². The van der Waals surface area contributed by atoms with Gasteiger partial charge in [0.1, 0.15) is 5.70 Å². The summed E-state index contributed by atoms with van der Waals surface area (Å²) in [5.41, 5.74) is 2.49. The molecule has 1 fully saturated rings. The van der Waals surface area contributed by atoms with Gasteiger partial charge in [-0.05, 0) is 42.7 Å². The fourth-order valence-electron chi connectivity index (χ4n) is 3.64. The summed E-state index contributed by atoms with van der Waals surface area (Å²) in [5, 5.41) is 16.4. The standard InChI is InChI=1S/C23H21N5O5/c1-3-19-18(21(29)27(25-19)16-8-10-17(11-9-16)28(32)33)12-20-22(30)26(23(31)24-20)13-15-7-5-4-6-14(15)2/h4-12,25H,3,13H2,1-2H3,(H,24,31). The number of nitrogens with zero attached hydrogens (tertiary/aromatic N) is 3. The number of benzene rings is 2. The lowest BCUT2D eigenvalue weighted by Gasteiger charge is -2.13. The minimum Gasteiger partial charge on any atom is -0.303 e. The molecule has 2 aromatic carbocycles. The number of aryl methyl sites for hydroxylation is 2. The van der Waals surface area contributed by atoms with E-state index in [1.54, 1.807) is 0 Å². The molecule has 168 valence electrons. The fraction of sp³-hybridized carbons (Fsp3) is 0.174. The molecule has 3 amide bonds. The maximum Gasteiger partial charge on any atom is 0.329 e. The SMILES string of the molecule is CCc1[nH]n(-c2ccc([N+](=O)[O-])cc2)c(=O)c1C=C1NC(=O)N(Cc2ccccc2C)C1=O. The number of hydrogen-bond donors (Lipinski definition) is 2. The van der Waals surface area contributed by atoms with E-state index in [0.29, 0.717) is 17.8 Å². The molecule has 1 aliphatic heterocycles. The number of rotatable bonds is 6. The molecule has 1 aromatic heterocycles. The van der Waals surface area contributed by atoms with Gasteiger partial charge in [-0.2, -0.15) is 0 Å². The summed E-state index contributed by atoms with van der Waals surface area (Å²) in [6.07, 6.45) is 1.83. The van der Waals surface area contributed by atoms with E-state index in [-0.39, 0.29) is 23.5 Å². The van der Waals surface area contributed by atoms with Crippen molar-refractivity contribution in [2.75, 3.05) is 0 Å². The summed E-state index contributed by atoms with van der Waals surface area (Å²) in [7, 11) is 0. The molecule has 0 unspecified atom stereocenters. The van der Waals surface area contributed by atoms with E-state index in [9.17, 15) is 24.5 Å². The Labute approximate surface area is 188 Å². The monoisotopic (exact) mass is 447 g/mol. The molecule has 10 heteroatoms. The Balaban J connectivity index is 1.67. The average molecular weight is 447 g/mol. The van der Waals surface area contributed by atoms with Gasteiger partial charge in [0.15, 0.2) is 0 Å². The van der Waals surface area contributed by atoms with E-state index in [0.717, 1.165) is 16.0 Å². The molecule has 0 saturated carbocycles. The van der Waals surface area contributed by atoms with Crippen molar-refractivity contribution in [1.82, 2.24) is 20.0 Å². The number of nitro groups is 1. The Morgan fingerprint density at radius 3 is 2.39 bits per heavy atom. The highest BCUT2D eigenvalue weighted by Crippen LogP contribution is 2.20. The molecular weight excluding hydrogens is 426 g/mol. The van der Waals surface area contributed by atoms with Crippen LogP contribution in [0.3, 0.4) is 0 Å². The zero-order valence-corrected chi connectivity index (χ0v) is 18.0. The van der Waals surface area contributed by atoms with Gasteiger partial charge in [-0.3, -0.25) is 29.7 Å². The van der Waals surface area contributed by atoms with Crippen LogP contribution in [0.5, 0.6) is 0 Å². The number of urea groups is 1. The summed E-state index contributed by atoms with van der Waals surface area (Å²) in [5.74, 6) is -0.521. The number of carbonyl (C=O) groups excluding carboxylic acids is 2. The smallest absolute Gasteiger partial charge is 0.303 e. The van der Waals surface area contributed by atoms with E-state index in [2.05, 4.69) is 10.4 Å². The van der Waals surface area contributed by atoms with Crippen LogP contribution in [0, 0.1) is 17.0 Å². The number of non-ortho nitro benzene ring substituents is 1. The van der Waals surface area contributed by atoms with E-state index in [1.165, 1.54) is 35.0 Å². The molecule has 2 heterocycles. The summed E-state index contributed by atoms with van der Waals surface area (Å²) >= 11 is 0. The minimum absolute atomic E-state index is 0.00948. The highest BCUT2D eigenvalue weighted by atomic mass is 16.6. The van der Waals surface area contributed by atoms with Gasteiger partial charge in [-0.25, -0.2) is 9.48 Å². The summed E-state index contributed by atoms with van der Waals surface area (Å²) < 4.78 is 1.25. The molecule has 2 N–H and O–H groups in total. The number of amides is 3. The zero-order chi connectivity index (χ0) is 23.7. The van der Waals surface area contributed by atoms with Crippen molar-refractivity contribution in [3.8, 4) is 5.69 Å². The molecule has 0 aliphatic carbocycles. The number of imide groups is 1. The van der Waals surface area contributed by atoms with Crippen LogP contribution in [0.15, 0.2) is 59.0 Å². The second-order valence-corrected chi connectivity index (χ2v) is 7.58. The van der Waals surface area contributed by atoms with E-state index in [4.69, 9.17) is 0 Å². The number of hydrogen-bond acceptors (Lipinski definition) is 5. The molecule has 0 bridgehead atoms. The number of nitrogens with one attached hydrogen (secondary N) is 2. The summed E-state index contributed by atoms with van der Waals surface area (Å²) in [4.78, 5) is 49.9. The lowest BCUT2D eigenvalue weighted by molar-refractivity contribution is -0.384. The number of carbonyl (C=O) groups is 2. The van der Waals surface area contributed by atoms with Crippen LogP contribution in [0.4, 0.5) is 10.5 Å². The van der Waals surface area contributed by atoms with Gasteiger partial charge < -0.3 is 5.32 Å². The third-order valence-electron chi connectivity index (χ3n) is 5.52. The third-order valence-corrected chi connectivity index (χ3v) is 5.52. The molecule has 33 heavy (non-hydrogen) atoms. The molecule has 0 radical (unpaired) electrons. The highest BCUT2D eigenvalue weighted by molar-refractivity contribution is 6.13. The Morgan fingerprint density at radius 1 is 1.06 bits per heavy atom. The molecule has 0 spiro atoms. The van der Waals surface area contributed by atoms with E-state index >= 15 is 0 Å². The van der Waals surface area contributed by atoms with Crippen molar-refractivity contribution >= 4 is 23.7 Å². The molecule has 1 aliphatic rings. The van der Waals surface area contributed by atoms with Crippen molar-refractivity contribution in [2.45, 2.75) is 26.8 Å². The van der Waals surface area contributed by atoms with Gasteiger partial charge in [0.25, 0.3) is 17.2 Å². The first-order valence-electron chi connectivity index (χ1n) is 10.3. The van der Waals surface area contributed by atoms with Crippen molar-refractivity contribution < 1.29 is 14.5 Å². The van der Waals surface area contributed by atoms with Gasteiger partial charge in [0.05, 0.1) is 22.7 Å². The second kappa shape index (κ2) is 8.58. The minimum atomic E-state index is -0.557. The molecular formula is C23H21N5O5. The summed E-state index contributed by atoms with van der Waals surface area (Å²) in [6.45, 7) is 3.86. The lowest BCUT2D eigenvalue weighted by atomic mass is 10.1. The van der Waals surface area contributed by atoms with Crippen molar-refractivity contribution in [3.05, 3.63) is 97.1 Å². The van der Waals surface area contributed by atoms with Gasteiger partial charge in [-0.15, -0.1) is 0 Å². The zero-order valence-electron chi connectivity index (χ0n) is 18.0. The maximum atomic E-state index is 13.1. The van der Waals surface area contributed by atoms with Crippen LogP contribution in [-0.4, -0.2) is 31.5 Å². The predicted octanol–water partition coefficient (Wildman–Crippen LogP) is 3.04. The lowest BCUT2D eigenvalue weighted by Crippen LogP contribution is -2.30. The van der Waals surface area contributed by atoms with Gasteiger partial charge >= 0.3 is 6.03 Å². The molecule has 0 atom stereocenters. The molecule has 10 nitrogen and oxygen atoms in total. The third kappa shape index (κ3) is 4.05. The highest BCUT2D eigenvalue weighted by Gasteiger charge is 2.34. The van der Waals surface area contributed by atoms with Gasteiger partial charge in [-0.1, -0.05) is 31.2 Å². The van der Waals surface area contributed by atoms with Crippen LogP contribution in [0.1, 0.15) is 29.3 Å². The number of aromatic amines is 1.